The summed E-state index contributed by atoms with van der Waals surface area (Å²) in [5, 5.41) is 0. The summed E-state index contributed by atoms with van der Waals surface area (Å²) in [4.78, 5) is 4.67. The van der Waals surface area contributed by atoms with E-state index < -0.39 is 0 Å². The molecule has 32 heavy (non-hydrogen) atoms. The van der Waals surface area contributed by atoms with Crippen LogP contribution in [0.15, 0.2) is 60.8 Å². The largest absolute Gasteiger partial charge is 0.385 e. The molecule has 6 heteroatoms. The Labute approximate surface area is 216 Å². The molecule has 0 bridgehead atoms. The molecule has 0 aliphatic rings. The van der Waals surface area contributed by atoms with E-state index in [-0.39, 0.29) is 38.5 Å². The van der Waals surface area contributed by atoms with E-state index in [0.717, 1.165) is 27.9 Å². The zero-order chi connectivity index (χ0) is 22.8. The van der Waals surface area contributed by atoms with Crippen molar-refractivity contribution >= 4 is 23.7 Å². The van der Waals surface area contributed by atoms with Gasteiger partial charge < -0.3 is 8.58 Å². The van der Waals surface area contributed by atoms with Crippen molar-refractivity contribution in [1.29, 1.82) is 0 Å². The minimum absolute atomic E-state index is 0. The maximum Gasteiger partial charge on any atom is 0.154 e. The van der Waals surface area contributed by atoms with E-state index in [1.165, 1.54) is 0 Å². The Hall–Kier alpha value is -1.52. The second-order valence-corrected chi connectivity index (χ2v) is 10.1. The van der Waals surface area contributed by atoms with Crippen LogP contribution >= 0.6 is 23.7 Å². The zero-order valence-electron chi connectivity index (χ0n) is 19.4. The van der Waals surface area contributed by atoms with Gasteiger partial charge in [-0.25, -0.2) is 0 Å². The monoisotopic (exact) mass is 505 g/mol. The van der Waals surface area contributed by atoms with Gasteiger partial charge in [0, 0.05) is 50.2 Å². The quantitative estimate of drug-likeness (QED) is 0.330. The van der Waals surface area contributed by atoms with Crippen LogP contribution in [0.4, 0.5) is 0 Å². The Balaban J connectivity index is 0.00000363. The smallest absolute Gasteiger partial charge is 0.154 e. The molecule has 2 aromatic carbocycles. The first kappa shape index (κ1) is 26.7. The number of nitrogens with zero attached hydrogens (tertiary/aromatic N) is 1. The van der Waals surface area contributed by atoms with Crippen LogP contribution in [0.3, 0.4) is 0 Å². The third-order valence-corrected chi connectivity index (χ3v) is 5.78. The van der Waals surface area contributed by atoms with E-state index in [2.05, 4.69) is 46.5 Å². The van der Waals surface area contributed by atoms with Crippen LogP contribution in [-0.4, -0.2) is 4.98 Å². The van der Waals surface area contributed by atoms with Gasteiger partial charge >= 0.3 is 0 Å². The van der Waals surface area contributed by atoms with Gasteiger partial charge in [-0.2, -0.15) is 0 Å². The van der Waals surface area contributed by atoms with Gasteiger partial charge in [0.15, 0.2) is 11.5 Å². The summed E-state index contributed by atoms with van der Waals surface area (Å²) >= 11 is 12.1. The summed E-state index contributed by atoms with van der Waals surface area (Å²) in [6, 6.07) is 18.0. The van der Waals surface area contributed by atoms with Crippen molar-refractivity contribution in [1.82, 2.24) is 4.98 Å². The van der Waals surface area contributed by atoms with Gasteiger partial charge in [0.25, 0.3) is 0 Å². The minimum Gasteiger partial charge on any atom is -0.385 e. The predicted octanol–water partition coefficient (Wildman–Crippen LogP) is 7.92. The number of hydrogen-bond acceptors (Lipinski definition) is 3. The molecule has 168 valence electrons. The Bertz CT molecular complexity index is 978. The van der Waals surface area contributed by atoms with Gasteiger partial charge in [0.05, 0.1) is 11.6 Å². The Kier molecular flexibility index (Phi) is 8.86. The van der Waals surface area contributed by atoms with Gasteiger partial charge in [0.2, 0.25) is 0 Å². The molecule has 3 aromatic rings. The summed E-state index contributed by atoms with van der Waals surface area (Å²) in [7, 11) is 0. The van der Waals surface area contributed by atoms with Crippen LogP contribution in [0.5, 0.6) is 11.5 Å². The van der Waals surface area contributed by atoms with E-state index in [1.807, 2.05) is 54.6 Å². The van der Waals surface area contributed by atoms with E-state index in [4.69, 9.17) is 32.3 Å². The summed E-state index contributed by atoms with van der Waals surface area (Å²) in [6.07, 6.45) is 1.78. The van der Waals surface area contributed by atoms with Crippen LogP contribution < -0.4 is 8.58 Å². The van der Waals surface area contributed by atoms with Gasteiger partial charge in [-0.05, 0) is 23.0 Å². The maximum atomic E-state index is 6.06. The van der Waals surface area contributed by atoms with E-state index in [0.29, 0.717) is 11.5 Å². The first-order valence-electron chi connectivity index (χ1n) is 10.3. The number of hydrogen-bond donors (Lipinski definition) is 0. The third kappa shape index (κ3) is 5.51. The molecule has 0 radical (unpaired) electrons. The molecule has 0 saturated carbocycles. The van der Waals surface area contributed by atoms with E-state index >= 15 is 0 Å². The first-order chi connectivity index (χ1) is 14.6. The second kappa shape index (κ2) is 10.6. The molecule has 0 aliphatic carbocycles. The molecule has 1 aromatic heterocycles. The topological polar surface area (TPSA) is 31.4 Å². The van der Waals surface area contributed by atoms with Gasteiger partial charge in [-0.3, -0.25) is 4.98 Å². The Morgan fingerprint density at radius 1 is 0.688 bits per heavy atom. The molecule has 0 amide bonds. The zero-order valence-corrected chi connectivity index (χ0v) is 22.4. The molecule has 0 unspecified atom stereocenters. The number of aromatic nitrogens is 1. The number of halogens is 2. The van der Waals surface area contributed by atoms with Crippen molar-refractivity contribution in [2.75, 3.05) is 0 Å². The fourth-order valence-electron chi connectivity index (χ4n) is 3.95. The molecule has 0 saturated heterocycles. The Morgan fingerprint density at radius 3 is 1.50 bits per heavy atom. The number of benzene rings is 2. The predicted molar refractivity (Wildman–Crippen MR) is 128 cm³/mol. The van der Waals surface area contributed by atoms with E-state index in [1.54, 1.807) is 6.20 Å². The van der Waals surface area contributed by atoms with Crippen molar-refractivity contribution in [3.8, 4) is 11.5 Å². The average molecular weight is 506 g/mol. The van der Waals surface area contributed by atoms with Gasteiger partial charge in [0.1, 0.15) is 23.7 Å². The molecule has 0 N–H and O–H groups in total. The number of pyridine rings is 1. The molecule has 0 fully saturated rings. The molecule has 3 nitrogen and oxygen atoms in total. The molecule has 0 atom stereocenters. The molecule has 3 rings (SSSR count). The summed E-state index contributed by atoms with van der Waals surface area (Å²) in [6.45, 7) is 12.8. The summed E-state index contributed by atoms with van der Waals surface area (Å²) in [5.41, 5.74) is 4.37. The second-order valence-electron chi connectivity index (χ2n) is 9.79. The van der Waals surface area contributed by atoms with Crippen LogP contribution in [-0.2, 0) is 32.5 Å². The van der Waals surface area contributed by atoms with Crippen molar-refractivity contribution in [3.63, 3.8) is 0 Å². The van der Waals surface area contributed by atoms with Crippen LogP contribution in [0.25, 0.3) is 0 Å². The number of rotatable bonds is 5. The summed E-state index contributed by atoms with van der Waals surface area (Å²) < 4.78 is 10.9. The van der Waals surface area contributed by atoms with Gasteiger partial charge in [-0.1, -0.05) is 84.0 Å². The Morgan fingerprint density at radius 2 is 1.16 bits per heavy atom. The van der Waals surface area contributed by atoms with Gasteiger partial charge in [-0.15, -0.1) is 0 Å². The van der Waals surface area contributed by atoms with E-state index in [9.17, 15) is 0 Å². The van der Waals surface area contributed by atoms with Crippen molar-refractivity contribution in [2.24, 2.45) is 0 Å². The van der Waals surface area contributed by atoms with Crippen LogP contribution in [0, 0.1) is 0 Å². The standard InChI is InChI=1S/C26H29Cl2NO2.Ti/c1-25(2,3)19-13-9-11-17(23(19)30-27)22(21-15-7-8-16-29-21)18-12-10-14-20(24(18)31-28)26(4,5)6;/h7-16,22H,1-6H3;. The molecular weight excluding hydrogens is 477 g/mol. The number of para-hydroxylation sites is 2. The van der Waals surface area contributed by atoms with Crippen molar-refractivity contribution in [2.45, 2.75) is 58.3 Å². The van der Waals surface area contributed by atoms with Crippen molar-refractivity contribution in [3.05, 3.63) is 88.7 Å². The fraction of sp³-hybridized carbons (Fsp3) is 0.346. The fourth-order valence-corrected chi connectivity index (χ4v) is 4.30. The minimum atomic E-state index is -0.284. The summed E-state index contributed by atoms with van der Waals surface area (Å²) in [5.74, 6) is 0.983. The molecule has 0 aliphatic heterocycles. The average Bonchev–Trinajstić information content (AvgIpc) is 2.73. The molecule has 0 spiro atoms. The van der Waals surface area contributed by atoms with Crippen LogP contribution in [0.1, 0.15) is 75.4 Å². The third-order valence-electron chi connectivity index (χ3n) is 5.47. The van der Waals surface area contributed by atoms with Crippen molar-refractivity contribution < 1.29 is 30.3 Å². The SMILES string of the molecule is CC(C)(C)c1cccc(C(c2ccccn2)c2cccc(C(C)(C)C)c2OCl)c1OCl.[Ti]. The van der Waals surface area contributed by atoms with Crippen LogP contribution in [0.2, 0.25) is 0 Å². The normalized spacial score (nSPS) is 11.8. The molecular formula is C26H29Cl2NO2Ti. The first-order valence-corrected chi connectivity index (χ1v) is 11.0. The molecule has 1 heterocycles. The maximum absolute atomic E-state index is 6.06.